The van der Waals surface area contributed by atoms with Crippen LogP contribution >= 0.6 is 12.4 Å². The predicted molar refractivity (Wildman–Crippen MR) is 80.9 cm³/mol. The van der Waals surface area contributed by atoms with E-state index in [0.717, 1.165) is 25.7 Å². The minimum Gasteiger partial charge on any atom is -0.393 e. The Hall–Kier alpha value is -0.320. The van der Waals surface area contributed by atoms with Gasteiger partial charge < -0.3 is 15.7 Å². The maximum atomic E-state index is 12.2. The van der Waals surface area contributed by atoms with Crippen molar-refractivity contribution in [3.63, 3.8) is 0 Å². The Morgan fingerprint density at radius 3 is 2.65 bits per heavy atom. The highest BCUT2D eigenvalue weighted by Gasteiger charge is 2.38. The Labute approximate surface area is 127 Å². The fourth-order valence-electron chi connectivity index (χ4n) is 4.13. The molecule has 2 saturated carbocycles. The standard InChI is InChI=1S/C15H26N2O2.ClH/c18-14-7-3-5-11(14)9-16-15(19)13-8-10-4-1-2-6-12(10)17-13;/h10-14,17-18H,1-9H2,(H,16,19);1H. The molecule has 1 saturated heterocycles. The van der Waals surface area contributed by atoms with Crippen molar-refractivity contribution in [3.8, 4) is 0 Å². The van der Waals surface area contributed by atoms with Gasteiger partial charge in [0, 0.05) is 18.5 Å². The van der Waals surface area contributed by atoms with E-state index in [9.17, 15) is 9.90 Å². The van der Waals surface area contributed by atoms with E-state index in [2.05, 4.69) is 10.6 Å². The molecule has 3 rings (SSSR count). The molecule has 3 fully saturated rings. The van der Waals surface area contributed by atoms with Crippen molar-refractivity contribution in [1.29, 1.82) is 0 Å². The van der Waals surface area contributed by atoms with E-state index in [4.69, 9.17) is 0 Å². The number of nitrogens with one attached hydrogen (secondary N) is 2. The summed E-state index contributed by atoms with van der Waals surface area (Å²) < 4.78 is 0. The number of halogens is 1. The molecule has 1 aliphatic heterocycles. The second-order valence-electron chi connectivity index (χ2n) is 6.61. The zero-order valence-electron chi connectivity index (χ0n) is 12.0. The second kappa shape index (κ2) is 7.10. The van der Waals surface area contributed by atoms with Crippen LogP contribution in [-0.4, -0.2) is 35.7 Å². The molecule has 0 bridgehead atoms. The number of rotatable bonds is 3. The maximum absolute atomic E-state index is 12.2. The van der Waals surface area contributed by atoms with Crippen LogP contribution in [0.3, 0.4) is 0 Å². The highest BCUT2D eigenvalue weighted by molar-refractivity contribution is 5.85. The van der Waals surface area contributed by atoms with Gasteiger partial charge in [-0.3, -0.25) is 4.79 Å². The van der Waals surface area contributed by atoms with Gasteiger partial charge in [0.05, 0.1) is 12.1 Å². The molecule has 4 nitrogen and oxygen atoms in total. The molecule has 0 radical (unpaired) electrons. The number of aliphatic hydroxyl groups excluding tert-OH is 1. The van der Waals surface area contributed by atoms with E-state index in [1.807, 2.05) is 0 Å². The number of aliphatic hydroxyl groups is 1. The summed E-state index contributed by atoms with van der Waals surface area (Å²) in [4.78, 5) is 12.2. The van der Waals surface area contributed by atoms with E-state index in [-0.39, 0.29) is 36.4 Å². The van der Waals surface area contributed by atoms with Crippen LogP contribution in [0.25, 0.3) is 0 Å². The summed E-state index contributed by atoms with van der Waals surface area (Å²) >= 11 is 0. The van der Waals surface area contributed by atoms with Gasteiger partial charge in [-0.2, -0.15) is 0 Å². The van der Waals surface area contributed by atoms with E-state index >= 15 is 0 Å². The lowest BCUT2D eigenvalue weighted by Gasteiger charge is -2.24. The summed E-state index contributed by atoms with van der Waals surface area (Å²) in [5.74, 6) is 1.13. The molecule has 1 amide bonds. The molecule has 3 aliphatic rings. The maximum Gasteiger partial charge on any atom is 0.237 e. The fourth-order valence-corrected chi connectivity index (χ4v) is 4.13. The third kappa shape index (κ3) is 3.46. The van der Waals surface area contributed by atoms with E-state index in [1.54, 1.807) is 0 Å². The van der Waals surface area contributed by atoms with Crippen LogP contribution in [-0.2, 0) is 4.79 Å². The predicted octanol–water partition coefficient (Wildman–Crippen LogP) is 1.61. The Morgan fingerprint density at radius 1 is 1.15 bits per heavy atom. The molecule has 0 aromatic carbocycles. The first-order valence-electron chi connectivity index (χ1n) is 7.96. The van der Waals surface area contributed by atoms with Gasteiger partial charge in [0.25, 0.3) is 0 Å². The van der Waals surface area contributed by atoms with E-state index in [1.165, 1.54) is 25.7 Å². The molecular formula is C15H27ClN2O2. The lowest BCUT2D eigenvalue weighted by Crippen LogP contribution is -2.45. The molecule has 5 heteroatoms. The van der Waals surface area contributed by atoms with Crippen LogP contribution in [0.2, 0.25) is 0 Å². The Morgan fingerprint density at radius 2 is 1.95 bits per heavy atom. The average Bonchev–Trinajstić information content (AvgIpc) is 3.01. The molecule has 0 aromatic rings. The molecular weight excluding hydrogens is 276 g/mol. The van der Waals surface area contributed by atoms with Crippen LogP contribution in [0.5, 0.6) is 0 Å². The van der Waals surface area contributed by atoms with Gasteiger partial charge in [0.1, 0.15) is 0 Å². The molecule has 3 N–H and O–H groups in total. The van der Waals surface area contributed by atoms with Crippen molar-refractivity contribution < 1.29 is 9.90 Å². The highest BCUT2D eigenvalue weighted by atomic mass is 35.5. The molecule has 2 aliphatic carbocycles. The Bertz CT molecular complexity index is 326. The van der Waals surface area contributed by atoms with Crippen molar-refractivity contribution in [1.82, 2.24) is 10.6 Å². The number of hydrogen-bond acceptors (Lipinski definition) is 3. The number of fused-ring (bicyclic) bond motifs is 1. The van der Waals surface area contributed by atoms with Crippen LogP contribution in [0.15, 0.2) is 0 Å². The largest absolute Gasteiger partial charge is 0.393 e. The van der Waals surface area contributed by atoms with Gasteiger partial charge in [0.2, 0.25) is 5.91 Å². The second-order valence-corrected chi connectivity index (χ2v) is 6.61. The van der Waals surface area contributed by atoms with Crippen molar-refractivity contribution in [2.75, 3.05) is 6.54 Å². The molecule has 20 heavy (non-hydrogen) atoms. The quantitative estimate of drug-likeness (QED) is 0.742. The molecule has 0 aromatic heterocycles. The van der Waals surface area contributed by atoms with Crippen LogP contribution in [0.1, 0.15) is 51.4 Å². The van der Waals surface area contributed by atoms with Gasteiger partial charge in [-0.25, -0.2) is 0 Å². The molecule has 116 valence electrons. The fraction of sp³-hybridized carbons (Fsp3) is 0.933. The third-order valence-electron chi connectivity index (χ3n) is 5.34. The van der Waals surface area contributed by atoms with Crippen molar-refractivity contribution >= 4 is 18.3 Å². The zero-order chi connectivity index (χ0) is 13.2. The van der Waals surface area contributed by atoms with Gasteiger partial charge in [-0.15, -0.1) is 12.4 Å². The smallest absolute Gasteiger partial charge is 0.237 e. The van der Waals surface area contributed by atoms with Crippen molar-refractivity contribution in [2.45, 2.75) is 69.6 Å². The lowest BCUT2D eigenvalue weighted by atomic mass is 9.85. The van der Waals surface area contributed by atoms with Crippen LogP contribution in [0, 0.1) is 11.8 Å². The summed E-state index contributed by atoms with van der Waals surface area (Å²) in [6.45, 7) is 0.646. The number of hydrogen-bond donors (Lipinski definition) is 3. The molecule has 5 atom stereocenters. The summed E-state index contributed by atoms with van der Waals surface area (Å²) in [6.07, 6.45) is 8.97. The lowest BCUT2D eigenvalue weighted by molar-refractivity contribution is -0.123. The van der Waals surface area contributed by atoms with Gasteiger partial charge in [-0.05, 0) is 38.0 Å². The van der Waals surface area contributed by atoms with Crippen LogP contribution in [0.4, 0.5) is 0 Å². The zero-order valence-corrected chi connectivity index (χ0v) is 12.8. The SMILES string of the molecule is Cl.O=C(NCC1CCCC1O)C1CC2CCCCC2N1. The monoisotopic (exact) mass is 302 g/mol. The van der Waals surface area contributed by atoms with Gasteiger partial charge >= 0.3 is 0 Å². The first kappa shape index (κ1) is 16.1. The first-order valence-corrected chi connectivity index (χ1v) is 7.96. The Kier molecular flexibility index (Phi) is 5.70. The van der Waals surface area contributed by atoms with E-state index in [0.29, 0.717) is 18.5 Å². The minimum atomic E-state index is -0.209. The summed E-state index contributed by atoms with van der Waals surface area (Å²) in [7, 11) is 0. The summed E-state index contributed by atoms with van der Waals surface area (Å²) in [6, 6.07) is 0.577. The van der Waals surface area contributed by atoms with Crippen molar-refractivity contribution in [3.05, 3.63) is 0 Å². The van der Waals surface area contributed by atoms with Crippen LogP contribution < -0.4 is 10.6 Å². The first-order chi connectivity index (χ1) is 9.24. The highest BCUT2D eigenvalue weighted by Crippen LogP contribution is 2.33. The third-order valence-corrected chi connectivity index (χ3v) is 5.34. The molecule has 5 unspecified atom stereocenters. The normalized spacial score (nSPS) is 40.0. The number of carbonyl (C=O) groups is 1. The average molecular weight is 303 g/mol. The summed E-state index contributed by atoms with van der Waals surface area (Å²) in [5, 5.41) is 16.3. The number of amides is 1. The topological polar surface area (TPSA) is 61.4 Å². The van der Waals surface area contributed by atoms with Gasteiger partial charge in [-0.1, -0.05) is 19.3 Å². The number of carbonyl (C=O) groups excluding carboxylic acids is 1. The molecule has 1 heterocycles. The molecule has 0 spiro atoms. The summed E-state index contributed by atoms with van der Waals surface area (Å²) in [5.41, 5.74) is 0. The van der Waals surface area contributed by atoms with Crippen molar-refractivity contribution in [2.24, 2.45) is 11.8 Å². The van der Waals surface area contributed by atoms with Gasteiger partial charge in [0.15, 0.2) is 0 Å². The minimum absolute atomic E-state index is 0. The Balaban J connectivity index is 0.00000147. The van der Waals surface area contributed by atoms with E-state index < -0.39 is 0 Å².